The summed E-state index contributed by atoms with van der Waals surface area (Å²) in [6.07, 6.45) is 1.84. The molecule has 4 rings (SSSR count). The number of benzene rings is 4. The molecular weight excluding hydrogens is 657 g/mol. The van der Waals surface area contributed by atoms with Crippen molar-refractivity contribution < 1.29 is 22.7 Å². The molecule has 248 valence electrons. The largest absolute Gasteiger partial charge is 0.497 e. The lowest BCUT2D eigenvalue weighted by Gasteiger charge is -2.34. The van der Waals surface area contributed by atoms with E-state index in [9.17, 15) is 18.0 Å². The third-order valence-corrected chi connectivity index (χ3v) is 10.1. The van der Waals surface area contributed by atoms with Crippen molar-refractivity contribution in [1.82, 2.24) is 10.2 Å². The highest BCUT2D eigenvalue weighted by Crippen LogP contribution is 2.28. The summed E-state index contributed by atoms with van der Waals surface area (Å²) in [5.41, 5.74) is 2.54. The first-order valence-corrected chi connectivity index (χ1v) is 17.5. The third kappa shape index (κ3) is 9.50. The number of unbranched alkanes of at least 4 members (excludes halogenated alkanes) is 1. The molecule has 1 atom stereocenters. The number of ether oxygens (including phenoxy) is 1. The van der Waals surface area contributed by atoms with Crippen molar-refractivity contribution in [3.05, 3.63) is 124 Å². The van der Waals surface area contributed by atoms with Gasteiger partial charge in [0, 0.05) is 29.6 Å². The van der Waals surface area contributed by atoms with Gasteiger partial charge in [-0.3, -0.25) is 13.9 Å². The van der Waals surface area contributed by atoms with Crippen molar-refractivity contribution >= 4 is 50.7 Å². The number of aryl methyl sites for hydroxylation is 1. The van der Waals surface area contributed by atoms with E-state index >= 15 is 0 Å². The van der Waals surface area contributed by atoms with E-state index in [1.165, 1.54) is 24.1 Å². The van der Waals surface area contributed by atoms with Crippen LogP contribution < -0.4 is 14.4 Å². The number of halogens is 2. The Morgan fingerprint density at radius 2 is 1.60 bits per heavy atom. The summed E-state index contributed by atoms with van der Waals surface area (Å²) in [7, 11) is -2.72. The van der Waals surface area contributed by atoms with Crippen LogP contribution in [0.15, 0.2) is 102 Å². The van der Waals surface area contributed by atoms with Gasteiger partial charge in [-0.25, -0.2) is 8.42 Å². The number of carbonyl (C=O) groups excluding carboxylic acids is 2. The number of hydrogen-bond donors (Lipinski definition) is 1. The molecule has 4 aromatic carbocycles. The van der Waals surface area contributed by atoms with Crippen LogP contribution in [0.2, 0.25) is 10.0 Å². The van der Waals surface area contributed by atoms with Crippen molar-refractivity contribution in [1.29, 1.82) is 0 Å². The minimum Gasteiger partial charge on any atom is -0.497 e. The molecule has 4 aromatic rings. The van der Waals surface area contributed by atoms with Gasteiger partial charge in [0.15, 0.2) is 0 Å². The van der Waals surface area contributed by atoms with Gasteiger partial charge in [0.1, 0.15) is 18.3 Å². The molecule has 47 heavy (non-hydrogen) atoms. The maximum absolute atomic E-state index is 14.6. The molecule has 8 nitrogen and oxygen atoms in total. The number of amides is 2. The Bertz CT molecular complexity index is 1750. The normalized spacial score (nSPS) is 11.9. The molecule has 0 radical (unpaired) electrons. The van der Waals surface area contributed by atoms with E-state index in [2.05, 4.69) is 5.32 Å². The highest BCUT2D eigenvalue weighted by Gasteiger charge is 2.35. The number of methoxy groups -OCH3 is 1. The van der Waals surface area contributed by atoms with Gasteiger partial charge in [0.05, 0.1) is 17.7 Å². The van der Waals surface area contributed by atoms with E-state index in [4.69, 9.17) is 27.9 Å². The zero-order valence-electron chi connectivity index (χ0n) is 26.7. The summed E-state index contributed by atoms with van der Waals surface area (Å²) in [4.78, 5) is 29.9. The number of rotatable bonds is 15. The Morgan fingerprint density at radius 3 is 2.21 bits per heavy atom. The van der Waals surface area contributed by atoms with E-state index in [0.717, 1.165) is 28.3 Å². The van der Waals surface area contributed by atoms with Crippen molar-refractivity contribution in [3.63, 3.8) is 0 Å². The summed E-state index contributed by atoms with van der Waals surface area (Å²) in [5.74, 6) is -0.411. The van der Waals surface area contributed by atoms with Crippen molar-refractivity contribution in [3.8, 4) is 5.75 Å². The first kappa shape index (κ1) is 35.8. The number of hydrogen-bond acceptors (Lipinski definition) is 5. The Kier molecular flexibility index (Phi) is 12.7. The second-order valence-corrected chi connectivity index (χ2v) is 13.8. The molecule has 0 aliphatic carbocycles. The first-order chi connectivity index (χ1) is 22.5. The highest BCUT2D eigenvalue weighted by molar-refractivity contribution is 7.92. The van der Waals surface area contributed by atoms with Crippen LogP contribution in [0, 0.1) is 6.92 Å². The van der Waals surface area contributed by atoms with Crippen LogP contribution in [0.1, 0.15) is 36.5 Å². The highest BCUT2D eigenvalue weighted by atomic mass is 35.5. The summed E-state index contributed by atoms with van der Waals surface area (Å²) >= 11 is 12.8. The molecule has 1 N–H and O–H groups in total. The zero-order chi connectivity index (χ0) is 34.0. The van der Waals surface area contributed by atoms with Gasteiger partial charge in [-0.15, -0.1) is 0 Å². The van der Waals surface area contributed by atoms with Crippen LogP contribution in [-0.4, -0.2) is 51.4 Å². The van der Waals surface area contributed by atoms with Crippen molar-refractivity contribution in [2.45, 2.75) is 50.6 Å². The molecule has 0 fully saturated rings. The maximum atomic E-state index is 14.6. The SMILES string of the molecule is CCCCNC(=O)[C@@H](Cc1ccccc1)N(Cc1ccc(Cl)cc1Cl)C(=O)CN(c1ccc(OC)cc1)S(=O)(=O)c1ccc(C)cc1. The summed E-state index contributed by atoms with van der Waals surface area (Å²) in [6, 6.07) is 26.2. The third-order valence-electron chi connectivity index (χ3n) is 7.70. The Labute approximate surface area is 287 Å². The maximum Gasteiger partial charge on any atom is 0.264 e. The summed E-state index contributed by atoms with van der Waals surface area (Å²) in [6.45, 7) is 3.67. The molecule has 0 aromatic heterocycles. The van der Waals surface area contributed by atoms with Crippen molar-refractivity contribution in [2.24, 2.45) is 0 Å². The predicted molar refractivity (Wildman–Crippen MR) is 188 cm³/mol. The number of anilines is 1. The van der Waals surface area contributed by atoms with E-state index in [1.54, 1.807) is 54.6 Å². The van der Waals surface area contributed by atoms with Gasteiger partial charge in [-0.2, -0.15) is 0 Å². The monoisotopic (exact) mass is 695 g/mol. The van der Waals surface area contributed by atoms with Gasteiger partial charge in [0.2, 0.25) is 11.8 Å². The average molecular weight is 697 g/mol. The minimum absolute atomic E-state index is 0.0251. The second kappa shape index (κ2) is 16.7. The Morgan fingerprint density at radius 1 is 0.915 bits per heavy atom. The van der Waals surface area contributed by atoms with Crippen LogP contribution in [0.25, 0.3) is 0 Å². The molecule has 0 saturated carbocycles. The molecular formula is C36H39Cl2N3O5S. The fraction of sp³-hybridized carbons (Fsp3) is 0.278. The number of carbonyl (C=O) groups is 2. The summed E-state index contributed by atoms with van der Waals surface area (Å²) in [5, 5.41) is 3.72. The zero-order valence-corrected chi connectivity index (χ0v) is 29.0. The van der Waals surface area contributed by atoms with E-state index in [-0.39, 0.29) is 29.5 Å². The topological polar surface area (TPSA) is 96.0 Å². The van der Waals surface area contributed by atoms with Crippen LogP contribution in [0.3, 0.4) is 0 Å². The predicted octanol–water partition coefficient (Wildman–Crippen LogP) is 7.06. The van der Waals surface area contributed by atoms with Gasteiger partial charge in [-0.05, 0) is 73.0 Å². The van der Waals surface area contributed by atoms with Crippen LogP contribution in [0.5, 0.6) is 5.75 Å². The number of sulfonamides is 1. The van der Waals surface area contributed by atoms with Gasteiger partial charge in [0.25, 0.3) is 10.0 Å². The Balaban J connectivity index is 1.81. The van der Waals surface area contributed by atoms with Crippen LogP contribution in [0.4, 0.5) is 5.69 Å². The lowest BCUT2D eigenvalue weighted by Crippen LogP contribution is -2.53. The van der Waals surface area contributed by atoms with Crippen LogP contribution >= 0.6 is 23.2 Å². The molecule has 0 saturated heterocycles. The van der Waals surface area contributed by atoms with E-state index in [1.807, 2.05) is 44.2 Å². The van der Waals surface area contributed by atoms with E-state index in [0.29, 0.717) is 27.9 Å². The molecule has 2 amide bonds. The minimum atomic E-state index is -4.23. The molecule has 0 spiro atoms. The molecule has 0 unspecified atom stereocenters. The van der Waals surface area contributed by atoms with Gasteiger partial charge in [-0.1, -0.05) is 90.6 Å². The summed E-state index contributed by atoms with van der Waals surface area (Å²) < 4.78 is 34.7. The van der Waals surface area contributed by atoms with Gasteiger partial charge < -0.3 is 15.0 Å². The molecule has 0 aliphatic heterocycles. The number of nitrogens with zero attached hydrogens (tertiary/aromatic N) is 2. The fourth-order valence-electron chi connectivity index (χ4n) is 5.01. The fourth-order valence-corrected chi connectivity index (χ4v) is 6.89. The Hall–Kier alpha value is -4.05. The average Bonchev–Trinajstić information content (AvgIpc) is 3.06. The molecule has 0 heterocycles. The molecule has 11 heteroatoms. The standard InChI is InChI=1S/C36H39Cl2N3O5S/c1-4-5-21-39-36(43)34(22-27-9-7-6-8-10-27)40(24-28-13-14-29(37)23-33(28)38)35(42)25-41(30-15-17-31(46-3)18-16-30)47(44,45)32-19-11-26(2)12-20-32/h6-20,23,34H,4-5,21-22,24-25H2,1-3H3,(H,39,43)/t34-/m1/s1. The second-order valence-electron chi connectivity index (χ2n) is 11.1. The quantitative estimate of drug-likeness (QED) is 0.134. The van der Waals surface area contributed by atoms with E-state index < -0.39 is 28.5 Å². The molecule has 0 bridgehead atoms. The molecule has 0 aliphatic rings. The van der Waals surface area contributed by atoms with Crippen LogP contribution in [-0.2, 0) is 32.6 Å². The lowest BCUT2D eigenvalue weighted by atomic mass is 10.0. The van der Waals surface area contributed by atoms with Crippen molar-refractivity contribution in [2.75, 3.05) is 24.5 Å². The first-order valence-electron chi connectivity index (χ1n) is 15.3. The van der Waals surface area contributed by atoms with Gasteiger partial charge >= 0.3 is 0 Å². The lowest BCUT2D eigenvalue weighted by molar-refractivity contribution is -0.140. The smallest absolute Gasteiger partial charge is 0.264 e. The number of nitrogens with one attached hydrogen (secondary N) is 1.